The van der Waals surface area contributed by atoms with E-state index in [-0.39, 0.29) is 0 Å². The van der Waals surface area contributed by atoms with Gasteiger partial charge in [-0.2, -0.15) is 13.2 Å². The largest absolute Gasteiger partial charge is 0.416 e. The molecule has 0 aliphatic rings. The van der Waals surface area contributed by atoms with E-state index in [0.717, 1.165) is 0 Å². The lowest BCUT2D eigenvalue weighted by Gasteiger charge is -2.15. The van der Waals surface area contributed by atoms with Gasteiger partial charge in [-0.3, -0.25) is 0 Å². The third-order valence-corrected chi connectivity index (χ3v) is 2.28. The Labute approximate surface area is 81.8 Å². The molecule has 0 amide bonds. The minimum Gasteiger partial charge on any atom is -0.166 e. The van der Waals surface area contributed by atoms with Gasteiger partial charge < -0.3 is 0 Å². The third kappa shape index (κ3) is 2.08. The zero-order valence-corrected chi connectivity index (χ0v) is 8.28. The van der Waals surface area contributed by atoms with Crippen molar-refractivity contribution in [2.24, 2.45) is 0 Å². The minimum absolute atomic E-state index is 0.386. The number of alkyl halides is 3. The second-order valence-electron chi connectivity index (χ2n) is 3.16. The van der Waals surface area contributed by atoms with Gasteiger partial charge in [-0.25, -0.2) is 0 Å². The number of aryl methyl sites for hydroxylation is 2. The van der Waals surface area contributed by atoms with Crippen molar-refractivity contribution in [2.75, 3.05) is 0 Å². The lowest BCUT2D eigenvalue weighted by atomic mass is 9.97. The summed E-state index contributed by atoms with van der Waals surface area (Å²) in [5.74, 6) is 0. The van der Waals surface area contributed by atoms with E-state index in [2.05, 4.69) is 0 Å². The van der Waals surface area contributed by atoms with Crippen LogP contribution in [-0.4, -0.2) is 0 Å². The standard InChI is InChI=1S/C11H13F3/c1-3-8-6-5-7-9(4-2)10(8)11(12,13)14/h5-7H,3-4H2,1-2H3. The van der Waals surface area contributed by atoms with Crippen LogP contribution in [0, 0.1) is 0 Å². The van der Waals surface area contributed by atoms with Crippen molar-refractivity contribution >= 4 is 0 Å². The van der Waals surface area contributed by atoms with Gasteiger partial charge in [0.2, 0.25) is 0 Å². The quantitative estimate of drug-likeness (QED) is 0.683. The molecule has 0 aromatic heterocycles. The first-order valence-electron chi connectivity index (χ1n) is 4.68. The van der Waals surface area contributed by atoms with Crippen molar-refractivity contribution in [3.05, 3.63) is 34.9 Å². The lowest BCUT2D eigenvalue weighted by molar-refractivity contribution is -0.138. The molecular weight excluding hydrogens is 189 g/mol. The Bertz CT molecular complexity index is 291. The van der Waals surface area contributed by atoms with Crippen molar-refractivity contribution in [3.63, 3.8) is 0 Å². The van der Waals surface area contributed by atoms with Crippen LogP contribution in [0.15, 0.2) is 18.2 Å². The molecule has 0 atom stereocenters. The van der Waals surface area contributed by atoms with Crippen molar-refractivity contribution in [1.82, 2.24) is 0 Å². The predicted molar refractivity (Wildman–Crippen MR) is 50.2 cm³/mol. The Kier molecular flexibility index (Phi) is 3.19. The van der Waals surface area contributed by atoms with Gasteiger partial charge in [0.25, 0.3) is 0 Å². The van der Waals surface area contributed by atoms with Gasteiger partial charge in [0.05, 0.1) is 5.56 Å². The number of hydrogen-bond donors (Lipinski definition) is 0. The zero-order chi connectivity index (χ0) is 10.8. The molecule has 0 bridgehead atoms. The van der Waals surface area contributed by atoms with E-state index in [1.165, 1.54) is 0 Å². The second-order valence-corrected chi connectivity index (χ2v) is 3.16. The van der Waals surface area contributed by atoms with Crippen molar-refractivity contribution in [3.8, 4) is 0 Å². The average Bonchev–Trinajstić information content (AvgIpc) is 2.15. The summed E-state index contributed by atoms with van der Waals surface area (Å²) in [5.41, 5.74) is 0.332. The number of rotatable bonds is 2. The van der Waals surface area contributed by atoms with Crippen LogP contribution in [0.5, 0.6) is 0 Å². The topological polar surface area (TPSA) is 0 Å². The Morgan fingerprint density at radius 2 is 1.43 bits per heavy atom. The molecule has 0 fully saturated rings. The second kappa shape index (κ2) is 4.03. The fraction of sp³-hybridized carbons (Fsp3) is 0.455. The maximum absolute atomic E-state index is 12.7. The Morgan fingerprint density at radius 3 is 1.71 bits per heavy atom. The molecule has 3 heteroatoms. The van der Waals surface area contributed by atoms with E-state index in [1.54, 1.807) is 32.0 Å². The van der Waals surface area contributed by atoms with E-state index < -0.39 is 11.7 Å². The Hall–Kier alpha value is -0.990. The fourth-order valence-corrected chi connectivity index (χ4v) is 1.61. The highest BCUT2D eigenvalue weighted by Gasteiger charge is 2.34. The molecule has 0 unspecified atom stereocenters. The predicted octanol–water partition coefficient (Wildman–Crippen LogP) is 3.83. The maximum Gasteiger partial charge on any atom is 0.416 e. The molecule has 0 N–H and O–H groups in total. The molecule has 14 heavy (non-hydrogen) atoms. The lowest BCUT2D eigenvalue weighted by Crippen LogP contribution is -2.12. The summed E-state index contributed by atoms with van der Waals surface area (Å²) >= 11 is 0. The maximum atomic E-state index is 12.7. The molecule has 0 aliphatic carbocycles. The normalized spacial score (nSPS) is 11.8. The molecule has 0 radical (unpaired) electrons. The zero-order valence-electron chi connectivity index (χ0n) is 8.28. The summed E-state index contributed by atoms with van der Waals surface area (Å²) in [6, 6.07) is 4.77. The highest BCUT2D eigenvalue weighted by molar-refractivity contribution is 5.37. The van der Waals surface area contributed by atoms with Crippen LogP contribution in [0.4, 0.5) is 13.2 Å². The number of halogens is 3. The average molecular weight is 202 g/mol. The molecule has 1 aromatic rings. The van der Waals surface area contributed by atoms with Crippen LogP contribution in [0.25, 0.3) is 0 Å². The number of benzene rings is 1. The number of hydrogen-bond acceptors (Lipinski definition) is 0. The van der Waals surface area contributed by atoms with Crippen LogP contribution < -0.4 is 0 Å². The third-order valence-electron chi connectivity index (χ3n) is 2.28. The summed E-state index contributed by atoms with van der Waals surface area (Å²) < 4.78 is 38.0. The van der Waals surface area contributed by atoms with Crippen LogP contribution >= 0.6 is 0 Å². The van der Waals surface area contributed by atoms with Crippen molar-refractivity contribution < 1.29 is 13.2 Å². The highest BCUT2D eigenvalue weighted by Crippen LogP contribution is 2.35. The fourth-order valence-electron chi connectivity index (χ4n) is 1.61. The summed E-state index contributed by atoms with van der Waals surface area (Å²) in [6.07, 6.45) is -3.39. The van der Waals surface area contributed by atoms with Crippen molar-refractivity contribution in [1.29, 1.82) is 0 Å². The van der Waals surface area contributed by atoms with E-state index in [0.29, 0.717) is 24.0 Å². The molecule has 1 aromatic carbocycles. The molecule has 0 heterocycles. The van der Waals surface area contributed by atoms with Crippen LogP contribution in [0.2, 0.25) is 0 Å². The minimum atomic E-state index is -4.22. The van der Waals surface area contributed by atoms with E-state index >= 15 is 0 Å². The molecule has 1 rings (SSSR count). The SMILES string of the molecule is CCc1cccc(CC)c1C(F)(F)F. The highest BCUT2D eigenvalue weighted by atomic mass is 19.4. The summed E-state index contributed by atoms with van der Waals surface area (Å²) in [6.45, 7) is 3.48. The first-order valence-corrected chi connectivity index (χ1v) is 4.68. The van der Waals surface area contributed by atoms with Gasteiger partial charge in [-0.1, -0.05) is 32.0 Å². The monoisotopic (exact) mass is 202 g/mol. The van der Waals surface area contributed by atoms with E-state index in [9.17, 15) is 13.2 Å². The van der Waals surface area contributed by atoms with Gasteiger partial charge in [-0.15, -0.1) is 0 Å². The van der Waals surface area contributed by atoms with Crippen LogP contribution in [-0.2, 0) is 19.0 Å². The van der Waals surface area contributed by atoms with Gasteiger partial charge in [0.1, 0.15) is 0 Å². The Balaban J connectivity index is 3.34. The summed E-state index contributed by atoms with van der Waals surface area (Å²) in [7, 11) is 0. The Morgan fingerprint density at radius 1 is 1.00 bits per heavy atom. The summed E-state index contributed by atoms with van der Waals surface area (Å²) in [4.78, 5) is 0. The molecular formula is C11H13F3. The molecule has 78 valence electrons. The molecule has 0 nitrogen and oxygen atoms in total. The van der Waals surface area contributed by atoms with Crippen LogP contribution in [0.1, 0.15) is 30.5 Å². The van der Waals surface area contributed by atoms with Crippen molar-refractivity contribution in [2.45, 2.75) is 32.9 Å². The van der Waals surface area contributed by atoms with E-state index in [4.69, 9.17) is 0 Å². The van der Waals surface area contributed by atoms with Gasteiger partial charge in [0, 0.05) is 0 Å². The summed E-state index contributed by atoms with van der Waals surface area (Å²) in [5, 5.41) is 0. The van der Waals surface area contributed by atoms with E-state index in [1.807, 2.05) is 0 Å². The molecule has 0 spiro atoms. The first kappa shape index (κ1) is 11.1. The van der Waals surface area contributed by atoms with Gasteiger partial charge in [0.15, 0.2) is 0 Å². The van der Waals surface area contributed by atoms with Gasteiger partial charge >= 0.3 is 6.18 Å². The van der Waals surface area contributed by atoms with Gasteiger partial charge in [-0.05, 0) is 24.0 Å². The molecule has 0 saturated carbocycles. The molecule has 0 saturated heterocycles. The smallest absolute Gasteiger partial charge is 0.166 e. The first-order chi connectivity index (χ1) is 6.50. The molecule has 0 aliphatic heterocycles. The van der Waals surface area contributed by atoms with Crippen LogP contribution in [0.3, 0.4) is 0 Å².